The van der Waals surface area contributed by atoms with E-state index in [1.54, 1.807) is 0 Å². The zero-order valence-corrected chi connectivity index (χ0v) is 10.4. The van der Waals surface area contributed by atoms with Gasteiger partial charge in [-0.1, -0.05) is 26.2 Å². The molecule has 3 heteroatoms. The SMILES string of the molecule is CCC1CCC(CNC(=O)CC(C)=O)CC1. The molecule has 3 nitrogen and oxygen atoms in total. The number of amides is 1. The van der Waals surface area contributed by atoms with Gasteiger partial charge >= 0.3 is 0 Å². The summed E-state index contributed by atoms with van der Waals surface area (Å²) in [4.78, 5) is 22.0. The van der Waals surface area contributed by atoms with Gasteiger partial charge in [0.15, 0.2) is 0 Å². The molecule has 0 atom stereocenters. The summed E-state index contributed by atoms with van der Waals surface area (Å²) in [7, 11) is 0. The van der Waals surface area contributed by atoms with E-state index in [9.17, 15) is 9.59 Å². The number of hydrogen-bond acceptors (Lipinski definition) is 2. The summed E-state index contributed by atoms with van der Waals surface area (Å²) in [5.74, 6) is 1.33. The highest BCUT2D eigenvalue weighted by Gasteiger charge is 2.20. The molecule has 0 aromatic carbocycles. The van der Waals surface area contributed by atoms with Crippen LogP contribution < -0.4 is 5.32 Å². The van der Waals surface area contributed by atoms with Gasteiger partial charge in [0.05, 0.1) is 6.42 Å². The first-order valence-electron chi connectivity index (χ1n) is 6.38. The van der Waals surface area contributed by atoms with Crippen LogP contribution in [0.3, 0.4) is 0 Å². The molecular formula is C13H23NO2. The zero-order valence-electron chi connectivity index (χ0n) is 10.4. The maximum absolute atomic E-state index is 11.3. The maximum atomic E-state index is 11.3. The molecule has 0 bridgehead atoms. The van der Waals surface area contributed by atoms with Crippen molar-refractivity contribution in [1.82, 2.24) is 5.32 Å². The normalized spacial score (nSPS) is 25.1. The van der Waals surface area contributed by atoms with E-state index in [4.69, 9.17) is 0 Å². The summed E-state index contributed by atoms with van der Waals surface area (Å²) < 4.78 is 0. The standard InChI is InChI=1S/C13H23NO2/c1-3-11-4-6-12(7-5-11)9-14-13(16)8-10(2)15/h11-12H,3-9H2,1-2H3,(H,14,16). The Morgan fingerprint density at radius 3 is 2.19 bits per heavy atom. The van der Waals surface area contributed by atoms with E-state index in [1.807, 2.05) is 0 Å². The van der Waals surface area contributed by atoms with E-state index >= 15 is 0 Å². The average Bonchev–Trinajstić information content (AvgIpc) is 2.26. The van der Waals surface area contributed by atoms with Crippen molar-refractivity contribution in [2.75, 3.05) is 6.54 Å². The van der Waals surface area contributed by atoms with Crippen LogP contribution in [0.5, 0.6) is 0 Å². The number of rotatable bonds is 5. The number of carbonyl (C=O) groups is 2. The molecule has 1 rings (SSSR count). The minimum atomic E-state index is -0.120. The Balaban J connectivity index is 2.14. The second-order valence-electron chi connectivity index (χ2n) is 4.98. The van der Waals surface area contributed by atoms with Gasteiger partial charge in [-0.25, -0.2) is 0 Å². The first kappa shape index (κ1) is 13.2. The Labute approximate surface area is 98.0 Å². The van der Waals surface area contributed by atoms with Gasteiger partial charge in [0.2, 0.25) is 5.91 Å². The van der Waals surface area contributed by atoms with Gasteiger partial charge in [0.25, 0.3) is 0 Å². The van der Waals surface area contributed by atoms with Gasteiger partial charge in [0.1, 0.15) is 5.78 Å². The van der Waals surface area contributed by atoms with E-state index < -0.39 is 0 Å². The van der Waals surface area contributed by atoms with Crippen LogP contribution in [0.2, 0.25) is 0 Å². The Hall–Kier alpha value is -0.860. The first-order chi connectivity index (χ1) is 7.61. The van der Waals surface area contributed by atoms with Gasteiger partial charge < -0.3 is 5.32 Å². The van der Waals surface area contributed by atoms with Crippen molar-refractivity contribution < 1.29 is 9.59 Å². The molecule has 0 aromatic rings. The molecular weight excluding hydrogens is 202 g/mol. The molecule has 16 heavy (non-hydrogen) atoms. The molecule has 0 heterocycles. The Morgan fingerprint density at radius 1 is 1.12 bits per heavy atom. The second kappa shape index (κ2) is 6.66. The largest absolute Gasteiger partial charge is 0.355 e. The Morgan fingerprint density at radius 2 is 1.69 bits per heavy atom. The van der Waals surface area contributed by atoms with Crippen molar-refractivity contribution in [2.45, 2.75) is 52.4 Å². The van der Waals surface area contributed by atoms with Crippen LogP contribution >= 0.6 is 0 Å². The number of carbonyl (C=O) groups excluding carboxylic acids is 2. The number of Topliss-reactive ketones (excluding diaryl/α,β-unsaturated/α-hetero) is 1. The summed E-state index contributed by atoms with van der Waals surface area (Å²) in [6.45, 7) is 4.45. The average molecular weight is 225 g/mol. The third-order valence-electron chi connectivity index (χ3n) is 3.54. The number of ketones is 1. The Bertz CT molecular complexity index is 242. The molecule has 0 spiro atoms. The summed E-state index contributed by atoms with van der Waals surface area (Å²) in [5.41, 5.74) is 0. The molecule has 1 aliphatic carbocycles. The molecule has 92 valence electrons. The van der Waals surface area contributed by atoms with Crippen LogP contribution in [0.4, 0.5) is 0 Å². The monoisotopic (exact) mass is 225 g/mol. The second-order valence-corrected chi connectivity index (χ2v) is 4.98. The van der Waals surface area contributed by atoms with Crippen LogP contribution in [0.1, 0.15) is 52.4 Å². The first-order valence-corrected chi connectivity index (χ1v) is 6.38. The highest BCUT2D eigenvalue weighted by atomic mass is 16.2. The molecule has 1 saturated carbocycles. The smallest absolute Gasteiger partial charge is 0.227 e. The van der Waals surface area contributed by atoms with E-state index in [2.05, 4.69) is 12.2 Å². The van der Waals surface area contributed by atoms with Gasteiger partial charge in [-0.3, -0.25) is 9.59 Å². The number of hydrogen-bond donors (Lipinski definition) is 1. The fraction of sp³-hybridized carbons (Fsp3) is 0.846. The van der Waals surface area contributed by atoms with Crippen molar-refractivity contribution in [3.63, 3.8) is 0 Å². The van der Waals surface area contributed by atoms with Crippen LogP contribution in [0.25, 0.3) is 0 Å². The molecule has 0 aromatic heterocycles. The number of nitrogens with one attached hydrogen (secondary N) is 1. The zero-order chi connectivity index (χ0) is 12.0. The van der Waals surface area contributed by atoms with Gasteiger partial charge in [-0.05, 0) is 31.6 Å². The fourth-order valence-corrected chi connectivity index (χ4v) is 2.39. The van der Waals surface area contributed by atoms with Crippen molar-refractivity contribution in [3.05, 3.63) is 0 Å². The highest BCUT2D eigenvalue weighted by molar-refractivity contribution is 5.96. The van der Waals surface area contributed by atoms with Crippen molar-refractivity contribution in [3.8, 4) is 0 Å². The minimum absolute atomic E-state index is 0.0320. The lowest BCUT2D eigenvalue weighted by Crippen LogP contribution is -2.32. The maximum Gasteiger partial charge on any atom is 0.227 e. The predicted molar refractivity (Wildman–Crippen MR) is 64.0 cm³/mol. The molecule has 1 N–H and O–H groups in total. The fourth-order valence-electron chi connectivity index (χ4n) is 2.39. The quantitative estimate of drug-likeness (QED) is 0.730. The van der Waals surface area contributed by atoms with Crippen LogP contribution in [-0.4, -0.2) is 18.2 Å². The lowest BCUT2D eigenvalue weighted by molar-refractivity contribution is -0.127. The topological polar surface area (TPSA) is 46.2 Å². The van der Waals surface area contributed by atoms with Crippen molar-refractivity contribution in [2.24, 2.45) is 11.8 Å². The van der Waals surface area contributed by atoms with Gasteiger partial charge in [-0.15, -0.1) is 0 Å². The van der Waals surface area contributed by atoms with Crippen LogP contribution in [-0.2, 0) is 9.59 Å². The third-order valence-corrected chi connectivity index (χ3v) is 3.54. The van der Waals surface area contributed by atoms with E-state index in [0.29, 0.717) is 5.92 Å². The van der Waals surface area contributed by atoms with E-state index in [1.165, 1.54) is 39.0 Å². The van der Waals surface area contributed by atoms with Crippen molar-refractivity contribution in [1.29, 1.82) is 0 Å². The summed E-state index contributed by atoms with van der Waals surface area (Å²) in [5, 5.41) is 2.86. The van der Waals surface area contributed by atoms with Crippen molar-refractivity contribution >= 4 is 11.7 Å². The summed E-state index contributed by atoms with van der Waals surface area (Å²) in [6.07, 6.45) is 6.35. The predicted octanol–water partition coefficient (Wildman–Crippen LogP) is 2.30. The molecule has 0 saturated heterocycles. The molecule has 0 radical (unpaired) electrons. The minimum Gasteiger partial charge on any atom is -0.355 e. The molecule has 1 fully saturated rings. The lowest BCUT2D eigenvalue weighted by atomic mass is 9.81. The molecule has 1 aliphatic rings. The summed E-state index contributed by atoms with van der Waals surface area (Å²) in [6, 6.07) is 0. The lowest BCUT2D eigenvalue weighted by Gasteiger charge is -2.27. The highest BCUT2D eigenvalue weighted by Crippen LogP contribution is 2.29. The third kappa shape index (κ3) is 4.77. The van der Waals surface area contributed by atoms with Crippen LogP contribution in [0, 0.1) is 11.8 Å². The molecule has 0 aliphatic heterocycles. The van der Waals surface area contributed by atoms with Gasteiger partial charge in [0, 0.05) is 6.54 Å². The van der Waals surface area contributed by atoms with Crippen LogP contribution in [0.15, 0.2) is 0 Å². The summed E-state index contributed by atoms with van der Waals surface area (Å²) >= 11 is 0. The Kier molecular flexibility index (Phi) is 5.50. The molecule has 1 amide bonds. The van der Waals surface area contributed by atoms with Gasteiger partial charge in [-0.2, -0.15) is 0 Å². The van der Waals surface area contributed by atoms with E-state index in [-0.39, 0.29) is 18.1 Å². The molecule has 0 unspecified atom stereocenters. The van der Waals surface area contributed by atoms with E-state index in [0.717, 1.165) is 12.5 Å².